The van der Waals surface area contributed by atoms with Crippen LogP contribution in [0.15, 0.2) is 66.7 Å². The predicted molar refractivity (Wildman–Crippen MR) is 97.9 cm³/mol. The molecule has 0 aromatic heterocycles. The van der Waals surface area contributed by atoms with E-state index in [1.54, 1.807) is 25.3 Å². The van der Waals surface area contributed by atoms with Crippen LogP contribution in [0, 0.1) is 0 Å². The molecule has 0 aliphatic heterocycles. The van der Waals surface area contributed by atoms with Gasteiger partial charge in [0.2, 0.25) is 0 Å². The van der Waals surface area contributed by atoms with E-state index >= 15 is 0 Å². The first-order chi connectivity index (χ1) is 12.2. The van der Waals surface area contributed by atoms with Crippen LogP contribution in [-0.2, 0) is 11.4 Å². The van der Waals surface area contributed by atoms with Crippen LogP contribution in [0.5, 0.6) is 11.5 Å². The van der Waals surface area contributed by atoms with Gasteiger partial charge in [0.25, 0.3) is 0 Å². The maximum atomic E-state index is 10.7. The Morgan fingerprint density at radius 3 is 2.64 bits per heavy atom. The Hall–Kier alpha value is -3.27. The Balaban J connectivity index is 1.86. The number of hydrogen-bond donors (Lipinski definition) is 1. The number of carbonyl (C=O) groups is 1. The summed E-state index contributed by atoms with van der Waals surface area (Å²) in [5.74, 6) is 0.185. The monoisotopic (exact) mass is 334 g/mol. The maximum Gasteiger partial charge on any atom is 0.328 e. The van der Waals surface area contributed by atoms with Crippen LogP contribution in [0.1, 0.15) is 11.1 Å². The fourth-order valence-electron chi connectivity index (χ4n) is 2.65. The zero-order valence-corrected chi connectivity index (χ0v) is 13.8. The van der Waals surface area contributed by atoms with Gasteiger partial charge in [-0.2, -0.15) is 0 Å². The number of carboxylic acids is 1. The SMILES string of the molecule is COc1ccc(C=CC(=O)O)cc1OCc1cccc2ccccc12. The minimum Gasteiger partial charge on any atom is -0.493 e. The van der Waals surface area contributed by atoms with Crippen molar-refractivity contribution in [2.24, 2.45) is 0 Å². The number of fused-ring (bicyclic) bond motifs is 1. The third-order valence-electron chi connectivity index (χ3n) is 3.87. The third-order valence-corrected chi connectivity index (χ3v) is 3.87. The normalized spacial score (nSPS) is 10.9. The molecule has 0 bridgehead atoms. The Labute approximate surface area is 145 Å². The highest BCUT2D eigenvalue weighted by Gasteiger charge is 2.07. The van der Waals surface area contributed by atoms with E-state index in [-0.39, 0.29) is 0 Å². The molecule has 0 unspecified atom stereocenters. The maximum absolute atomic E-state index is 10.7. The molecule has 25 heavy (non-hydrogen) atoms. The van der Waals surface area contributed by atoms with Crippen LogP contribution in [-0.4, -0.2) is 18.2 Å². The topological polar surface area (TPSA) is 55.8 Å². The van der Waals surface area contributed by atoms with Gasteiger partial charge in [-0.3, -0.25) is 0 Å². The molecular formula is C21H18O4. The van der Waals surface area contributed by atoms with Crippen molar-refractivity contribution in [3.05, 3.63) is 77.9 Å². The second kappa shape index (κ2) is 7.53. The Bertz CT molecular complexity index is 923. The van der Waals surface area contributed by atoms with Crippen molar-refractivity contribution in [3.8, 4) is 11.5 Å². The molecule has 1 N–H and O–H groups in total. The summed E-state index contributed by atoms with van der Waals surface area (Å²) in [5.41, 5.74) is 1.81. The standard InChI is InChI=1S/C21H18O4/c1-24-19-11-9-15(10-12-21(22)23)13-20(19)25-14-17-7-4-6-16-5-2-3-8-18(16)17/h2-13H,14H2,1H3,(H,22,23). The van der Waals surface area contributed by atoms with Gasteiger partial charge in [0.05, 0.1) is 7.11 Å². The van der Waals surface area contributed by atoms with Gasteiger partial charge in [0.15, 0.2) is 11.5 Å². The number of carboxylic acid groups (broad SMARTS) is 1. The lowest BCUT2D eigenvalue weighted by Crippen LogP contribution is -1.99. The largest absolute Gasteiger partial charge is 0.493 e. The predicted octanol–water partition coefficient (Wildman–Crippen LogP) is 4.53. The molecule has 0 heterocycles. The van der Waals surface area contributed by atoms with E-state index in [1.807, 2.05) is 24.3 Å². The van der Waals surface area contributed by atoms with Gasteiger partial charge >= 0.3 is 5.97 Å². The molecule has 0 atom stereocenters. The molecule has 0 fully saturated rings. The lowest BCUT2D eigenvalue weighted by atomic mass is 10.1. The van der Waals surface area contributed by atoms with E-state index in [2.05, 4.69) is 18.2 Å². The van der Waals surface area contributed by atoms with Crippen molar-refractivity contribution in [2.75, 3.05) is 7.11 Å². The lowest BCUT2D eigenvalue weighted by Gasteiger charge is -2.13. The van der Waals surface area contributed by atoms with Gasteiger partial charge in [-0.1, -0.05) is 48.5 Å². The van der Waals surface area contributed by atoms with Crippen LogP contribution in [0.25, 0.3) is 16.8 Å². The molecule has 4 nitrogen and oxygen atoms in total. The minimum absolute atomic E-state index is 0.393. The van der Waals surface area contributed by atoms with Gasteiger partial charge in [0, 0.05) is 6.08 Å². The fraction of sp³-hybridized carbons (Fsp3) is 0.0952. The molecule has 0 spiro atoms. The van der Waals surface area contributed by atoms with Crippen molar-refractivity contribution < 1.29 is 19.4 Å². The summed E-state index contributed by atoms with van der Waals surface area (Å²) in [6.07, 6.45) is 2.61. The highest BCUT2D eigenvalue weighted by atomic mass is 16.5. The number of aliphatic carboxylic acids is 1. The second-order valence-corrected chi connectivity index (χ2v) is 5.51. The minimum atomic E-state index is -0.992. The first-order valence-corrected chi connectivity index (χ1v) is 7.86. The average Bonchev–Trinajstić information content (AvgIpc) is 2.64. The summed E-state index contributed by atoms with van der Waals surface area (Å²) in [5, 5.41) is 11.1. The van der Waals surface area contributed by atoms with Gasteiger partial charge in [-0.25, -0.2) is 4.79 Å². The van der Waals surface area contributed by atoms with Crippen LogP contribution >= 0.6 is 0 Å². The molecule has 0 aliphatic carbocycles. The summed E-state index contributed by atoms with van der Waals surface area (Å²) in [6.45, 7) is 0.393. The average molecular weight is 334 g/mol. The molecule has 3 rings (SSSR count). The first kappa shape index (κ1) is 16.6. The van der Waals surface area contributed by atoms with Crippen molar-refractivity contribution in [1.82, 2.24) is 0 Å². The molecule has 4 heteroatoms. The number of ether oxygens (including phenoxy) is 2. The zero-order chi connectivity index (χ0) is 17.6. The summed E-state index contributed by atoms with van der Waals surface area (Å²) in [6, 6.07) is 19.6. The van der Waals surface area contributed by atoms with E-state index in [1.165, 1.54) is 6.08 Å². The van der Waals surface area contributed by atoms with E-state index in [0.717, 1.165) is 28.0 Å². The number of rotatable bonds is 6. The smallest absolute Gasteiger partial charge is 0.328 e. The van der Waals surface area contributed by atoms with E-state index in [9.17, 15) is 4.79 Å². The quantitative estimate of drug-likeness (QED) is 0.673. The summed E-state index contributed by atoms with van der Waals surface area (Å²) in [7, 11) is 1.58. The highest BCUT2D eigenvalue weighted by molar-refractivity contribution is 5.86. The van der Waals surface area contributed by atoms with Crippen molar-refractivity contribution in [3.63, 3.8) is 0 Å². The fourth-order valence-corrected chi connectivity index (χ4v) is 2.65. The Kier molecular flexibility index (Phi) is 5.00. The zero-order valence-electron chi connectivity index (χ0n) is 13.8. The third kappa shape index (κ3) is 3.98. The lowest BCUT2D eigenvalue weighted by molar-refractivity contribution is -0.131. The van der Waals surface area contributed by atoms with Crippen molar-refractivity contribution >= 4 is 22.8 Å². The number of benzene rings is 3. The van der Waals surface area contributed by atoms with E-state index < -0.39 is 5.97 Å². The van der Waals surface area contributed by atoms with Crippen LogP contribution in [0.2, 0.25) is 0 Å². The molecule has 3 aromatic carbocycles. The van der Waals surface area contributed by atoms with Crippen molar-refractivity contribution in [2.45, 2.75) is 6.61 Å². The van der Waals surface area contributed by atoms with Crippen LogP contribution < -0.4 is 9.47 Å². The summed E-state index contributed by atoms with van der Waals surface area (Å²) < 4.78 is 11.3. The van der Waals surface area contributed by atoms with Crippen molar-refractivity contribution in [1.29, 1.82) is 0 Å². The van der Waals surface area contributed by atoms with E-state index in [4.69, 9.17) is 14.6 Å². The molecule has 0 aliphatic rings. The summed E-state index contributed by atoms with van der Waals surface area (Å²) in [4.78, 5) is 10.7. The van der Waals surface area contributed by atoms with Gasteiger partial charge in [-0.15, -0.1) is 0 Å². The molecule has 0 saturated carbocycles. The highest BCUT2D eigenvalue weighted by Crippen LogP contribution is 2.30. The molecule has 3 aromatic rings. The molecule has 126 valence electrons. The first-order valence-electron chi connectivity index (χ1n) is 7.86. The number of methoxy groups -OCH3 is 1. The molecule has 0 saturated heterocycles. The van der Waals surface area contributed by atoms with Gasteiger partial charge < -0.3 is 14.6 Å². The number of hydrogen-bond acceptors (Lipinski definition) is 3. The van der Waals surface area contributed by atoms with Crippen LogP contribution in [0.3, 0.4) is 0 Å². The Morgan fingerprint density at radius 1 is 1.04 bits per heavy atom. The van der Waals surface area contributed by atoms with Gasteiger partial charge in [-0.05, 0) is 40.1 Å². The van der Waals surface area contributed by atoms with Gasteiger partial charge in [0.1, 0.15) is 6.61 Å². The second-order valence-electron chi connectivity index (χ2n) is 5.51. The molecular weight excluding hydrogens is 316 g/mol. The molecule has 0 amide bonds. The summed E-state index contributed by atoms with van der Waals surface area (Å²) >= 11 is 0. The Morgan fingerprint density at radius 2 is 1.84 bits per heavy atom. The van der Waals surface area contributed by atoms with E-state index in [0.29, 0.717) is 18.1 Å². The molecule has 0 radical (unpaired) electrons. The van der Waals surface area contributed by atoms with Crippen LogP contribution in [0.4, 0.5) is 0 Å².